The summed E-state index contributed by atoms with van der Waals surface area (Å²) < 4.78 is 0. The Kier molecular flexibility index (Phi) is 7.78. The van der Waals surface area contributed by atoms with Crippen molar-refractivity contribution in [2.45, 2.75) is 52.4 Å². The monoisotopic (exact) mass is 263 g/mol. The van der Waals surface area contributed by atoms with Crippen molar-refractivity contribution in [2.24, 2.45) is 0 Å². The van der Waals surface area contributed by atoms with E-state index in [1.807, 2.05) is 4.90 Å². The second kappa shape index (κ2) is 9.48. The molecule has 19 heavy (non-hydrogen) atoms. The SMILES string of the molecule is CCCCN(CCCC)C(=O)CCc1ncccn1. The topological polar surface area (TPSA) is 46.1 Å². The molecule has 0 aliphatic rings. The summed E-state index contributed by atoms with van der Waals surface area (Å²) in [5.74, 6) is 0.983. The highest BCUT2D eigenvalue weighted by molar-refractivity contribution is 5.76. The van der Waals surface area contributed by atoms with E-state index in [-0.39, 0.29) is 5.91 Å². The van der Waals surface area contributed by atoms with Crippen LogP contribution in [0.1, 0.15) is 51.8 Å². The molecule has 0 saturated heterocycles. The molecule has 1 aromatic heterocycles. The van der Waals surface area contributed by atoms with Gasteiger partial charge in [-0.3, -0.25) is 4.79 Å². The number of carbonyl (C=O) groups excluding carboxylic acids is 1. The van der Waals surface area contributed by atoms with Crippen molar-refractivity contribution in [1.82, 2.24) is 14.9 Å². The van der Waals surface area contributed by atoms with E-state index in [4.69, 9.17) is 0 Å². The van der Waals surface area contributed by atoms with Gasteiger partial charge in [-0.1, -0.05) is 26.7 Å². The Morgan fingerprint density at radius 1 is 1.11 bits per heavy atom. The predicted molar refractivity (Wildman–Crippen MR) is 76.7 cm³/mol. The molecule has 4 nitrogen and oxygen atoms in total. The van der Waals surface area contributed by atoms with E-state index in [2.05, 4.69) is 23.8 Å². The zero-order valence-electron chi connectivity index (χ0n) is 12.1. The van der Waals surface area contributed by atoms with Gasteiger partial charge in [-0.05, 0) is 18.9 Å². The fourth-order valence-electron chi connectivity index (χ4n) is 1.90. The van der Waals surface area contributed by atoms with E-state index < -0.39 is 0 Å². The largest absolute Gasteiger partial charge is 0.343 e. The summed E-state index contributed by atoms with van der Waals surface area (Å²) in [5.41, 5.74) is 0. The molecule has 0 aliphatic heterocycles. The fourth-order valence-corrected chi connectivity index (χ4v) is 1.90. The van der Waals surface area contributed by atoms with Gasteiger partial charge in [0.25, 0.3) is 0 Å². The Balaban J connectivity index is 2.41. The van der Waals surface area contributed by atoms with Crippen LogP contribution in [-0.2, 0) is 11.2 Å². The van der Waals surface area contributed by atoms with E-state index in [1.165, 1.54) is 0 Å². The molecule has 1 amide bonds. The van der Waals surface area contributed by atoms with Gasteiger partial charge >= 0.3 is 0 Å². The number of nitrogens with zero attached hydrogens (tertiary/aromatic N) is 3. The molecule has 0 aromatic carbocycles. The lowest BCUT2D eigenvalue weighted by Gasteiger charge is -2.22. The molecule has 0 radical (unpaired) electrons. The zero-order valence-corrected chi connectivity index (χ0v) is 12.1. The van der Waals surface area contributed by atoms with Gasteiger partial charge < -0.3 is 4.90 Å². The molecule has 0 fully saturated rings. The summed E-state index contributed by atoms with van der Waals surface area (Å²) in [6, 6.07) is 1.79. The smallest absolute Gasteiger partial charge is 0.223 e. The number of amides is 1. The molecule has 0 N–H and O–H groups in total. The summed E-state index contributed by atoms with van der Waals surface area (Å²) in [6.07, 6.45) is 8.99. The van der Waals surface area contributed by atoms with Crippen LogP contribution < -0.4 is 0 Å². The first-order valence-electron chi connectivity index (χ1n) is 7.31. The van der Waals surface area contributed by atoms with Crippen molar-refractivity contribution in [2.75, 3.05) is 13.1 Å². The highest BCUT2D eigenvalue weighted by atomic mass is 16.2. The van der Waals surface area contributed by atoms with Crippen molar-refractivity contribution >= 4 is 5.91 Å². The first-order chi connectivity index (χ1) is 9.27. The van der Waals surface area contributed by atoms with Gasteiger partial charge in [0.15, 0.2) is 0 Å². The lowest BCUT2D eigenvalue weighted by Crippen LogP contribution is -2.33. The molecule has 0 aliphatic carbocycles. The average molecular weight is 263 g/mol. The minimum Gasteiger partial charge on any atom is -0.343 e. The molecule has 4 heteroatoms. The minimum atomic E-state index is 0.231. The molecule has 0 bridgehead atoms. The highest BCUT2D eigenvalue weighted by Crippen LogP contribution is 2.04. The van der Waals surface area contributed by atoms with Crippen molar-refractivity contribution in [1.29, 1.82) is 0 Å². The van der Waals surface area contributed by atoms with Crippen LogP contribution in [0.2, 0.25) is 0 Å². The van der Waals surface area contributed by atoms with E-state index >= 15 is 0 Å². The molecule has 0 saturated carbocycles. The van der Waals surface area contributed by atoms with Crippen LogP contribution >= 0.6 is 0 Å². The maximum absolute atomic E-state index is 12.2. The number of hydrogen-bond acceptors (Lipinski definition) is 3. The first-order valence-corrected chi connectivity index (χ1v) is 7.31. The number of hydrogen-bond donors (Lipinski definition) is 0. The predicted octanol–water partition coefficient (Wildman–Crippen LogP) is 2.84. The minimum absolute atomic E-state index is 0.231. The van der Waals surface area contributed by atoms with Gasteiger partial charge in [0.1, 0.15) is 5.82 Å². The lowest BCUT2D eigenvalue weighted by molar-refractivity contribution is -0.131. The maximum atomic E-state index is 12.2. The molecule has 1 heterocycles. The van der Waals surface area contributed by atoms with E-state index in [0.717, 1.165) is 44.6 Å². The Bertz CT molecular complexity index is 346. The first kappa shape index (κ1) is 15.6. The molecule has 0 atom stereocenters. The summed E-state index contributed by atoms with van der Waals surface area (Å²) in [7, 11) is 0. The van der Waals surface area contributed by atoms with E-state index in [1.54, 1.807) is 18.5 Å². The molecule has 106 valence electrons. The Morgan fingerprint density at radius 2 is 1.68 bits per heavy atom. The fraction of sp³-hybridized carbons (Fsp3) is 0.667. The average Bonchev–Trinajstić information content (AvgIpc) is 2.46. The van der Waals surface area contributed by atoms with Gasteiger partial charge in [-0.15, -0.1) is 0 Å². The summed E-state index contributed by atoms with van der Waals surface area (Å²) >= 11 is 0. The number of carbonyl (C=O) groups is 1. The molecule has 1 aromatic rings. The second-order valence-electron chi connectivity index (χ2n) is 4.75. The van der Waals surface area contributed by atoms with Crippen LogP contribution in [0.25, 0.3) is 0 Å². The number of unbranched alkanes of at least 4 members (excludes halogenated alkanes) is 2. The Hall–Kier alpha value is -1.45. The molecule has 1 rings (SSSR count). The summed E-state index contributed by atoms with van der Waals surface area (Å²) in [4.78, 5) is 22.5. The molecular weight excluding hydrogens is 238 g/mol. The second-order valence-corrected chi connectivity index (χ2v) is 4.75. The van der Waals surface area contributed by atoms with Crippen molar-refractivity contribution in [3.05, 3.63) is 24.3 Å². The van der Waals surface area contributed by atoms with Crippen LogP contribution in [0.4, 0.5) is 0 Å². The maximum Gasteiger partial charge on any atom is 0.223 e. The van der Waals surface area contributed by atoms with Gasteiger partial charge in [0, 0.05) is 38.3 Å². The quantitative estimate of drug-likeness (QED) is 0.688. The van der Waals surface area contributed by atoms with E-state index in [9.17, 15) is 4.79 Å². The van der Waals surface area contributed by atoms with Crippen LogP contribution in [0.5, 0.6) is 0 Å². The van der Waals surface area contributed by atoms with Gasteiger partial charge in [0.2, 0.25) is 5.91 Å². The number of rotatable bonds is 9. The highest BCUT2D eigenvalue weighted by Gasteiger charge is 2.12. The van der Waals surface area contributed by atoms with Crippen molar-refractivity contribution in [3.63, 3.8) is 0 Å². The normalized spacial score (nSPS) is 10.4. The molecule has 0 spiro atoms. The summed E-state index contributed by atoms with van der Waals surface area (Å²) in [5, 5.41) is 0. The Labute approximate surface area is 116 Å². The zero-order chi connectivity index (χ0) is 13.9. The molecule has 0 unspecified atom stereocenters. The lowest BCUT2D eigenvalue weighted by atomic mass is 10.2. The standard InChI is InChI=1S/C15H25N3O/c1-3-5-12-18(13-6-4-2)15(19)9-8-14-16-10-7-11-17-14/h7,10-11H,3-6,8-9,12-13H2,1-2H3. The van der Waals surface area contributed by atoms with Crippen LogP contribution in [0.15, 0.2) is 18.5 Å². The van der Waals surface area contributed by atoms with Crippen LogP contribution in [0.3, 0.4) is 0 Å². The molecular formula is C15H25N3O. The number of aromatic nitrogens is 2. The van der Waals surface area contributed by atoms with Crippen LogP contribution in [-0.4, -0.2) is 33.9 Å². The summed E-state index contributed by atoms with van der Waals surface area (Å²) in [6.45, 7) is 6.07. The third kappa shape index (κ3) is 6.32. The number of aryl methyl sites for hydroxylation is 1. The third-order valence-corrected chi connectivity index (χ3v) is 3.10. The van der Waals surface area contributed by atoms with Gasteiger partial charge in [-0.25, -0.2) is 9.97 Å². The Morgan fingerprint density at radius 3 is 2.21 bits per heavy atom. The van der Waals surface area contributed by atoms with Crippen LogP contribution in [0, 0.1) is 0 Å². The van der Waals surface area contributed by atoms with Crippen molar-refractivity contribution in [3.8, 4) is 0 Å². The van der Waals surface area contributed by atoms with Crippen molar-refractivity contribution < 1.29 is 4.79 Å². The third-order valence-electron chi connectivity index (χ3n) is 3.10. The van der Waals surface area contributed by atoms with Gasteiger partial charge in [0.05, 0.1) is 0 Å². The van der Waals surface area contributed by atoms with Gasteiger partial charge in [-0.2, -0.15) is 0 Å². The van der Waals surface area contributed by atoms with E-state index in [0.29, 0.717) is 12.8 Å².